The third-order valence-electron chi connectivity index (χ3n) is 2.45. The van der Waals surface area contributed by atoms with Crippen molar-refractivity contribution in [2.75, 3.05) is 10.5 Å². The SMILES string of the molecule is Cc1cc(NS(=O)(=O)c2cc(N)c(Br)cc2C)on1. The molecule has 0 unspecified atom stereocenters. The first-order valence-electron chi connectivity index (χ1n) is 5.31. The van der Waals surface area contributed by atoms with Crippen molar-refractivity contribution in [1.82, 2.24) is 5.16 Å². The van der Waals surface area contributed by atoms with Crippen LogP contribution >= 0.6 is 15.9 Å². The maximum Gasteiger partial charge on any atom is 0.264 e. The number of hydrogen-bond donors (Lipinski definition) is 2. The van der Waals surface area contributed by atoms with Gasteiger partial charge in [0.2, 0.25) is 5.88 Å². The van der Waals surface area contributed by atoms with E-state index in [1.165, 1.54) is 12.1 Å². The Morgan fingerprint density at radius 1 is 1.32 bits per heavy atom. The van der Waals surface area contributed by atoms with Crippen molar-refractivity contribution in [2.45, 2.75) is 18.7 Å². The number of nitrogen functional groups attached to an aromatic ring is 1. The van der Waals surface area contributed by atoms with Crippen LogP contribution in [0.2, 0.25) is 0 Å². The molecule has 102 valence electrons. The molecule has 0 spiro atoms. The summed E-state index contributed by atoms with van der Waals surface area (Å²) in [6.45, 7) is 3.38. The quantitative estimate of drug-likeness (QED) is 0.832. The Balaban J connectivity index is 2.42. The molecule has 0 saturated carbocycles. The molecule has 0 atom stereocenters. The van der Waals surface area contributed by atoms with Crippen LogP contribution in [0.25, 0.3) is 0 Å². The molecule has 6 nitrogen and oxygen atoms in total. The summed E-state index contributed by atoms with van der Waals surface area (Å²) in [7, 11) is -3.75. The number of nitrogens with zero attached hydrogens (tertiary/aromatic N) is 1. The molecule has 0 fully saturated rings. The number of nitrogens with one attached hydrogen (secondary N) is 1. The zero-order valence-corrected chi connectivity index (χ0v) is 12.7. The molecule has 3 N–H and O–H groups in total. The fraction of sp³-hybridized carbons (Fsp3) is 0.182. The lowest BCUT2D eigenvalue weighted by atomic mass is 10.2. The monoisotopic (exact) mass is 345 g/mol. The molecule has 19 heavy (non-hydrogen) atoms. The summed E-state index contributed by atoms with van der Waals surface area (Å²) in [6, 6.07) is 4.54. The molecule has 0 aliphatic rings. The van der Waals surface area contributed by atoms with Crippen molar-refractivity contribution in [1.29, 1.82) is 0 Å². The van der Waals surface area contributed by atoms with Gasteiger partial charge in [-0.2, -0.15) is 0 Å². The summed E-state index contributed by atoms with van der Waals surface area (Å²) in [5.74, 6) is 0.0680. The summed E-state index contributed by atoms with van der Waals surface area (Å²) in [5.41, 5.74) is 7.22. The molecule has 1 aromatic carbocycles. The number of rotatable bonds is 3. The van der Waals surface area contributed by atoms with Gasteiger partial charge in [-0.25, -0.2) is 13.1 Å². The summed E-state index contributed by atoms with van der Waals surface area (Å²) in [5, 5.41) is 3.61. The average molecular weight is 346 g/mol. The average Bonchev–Trinajstić information content (AvgIpc) is 2.68. The number of halogens is 1. The molecule has 0 bridgehead atoms. The minimum absolute atomic E-state index is 0.0680. The largest absolute Gasteiger partial charge is 0.398 e. The summed E-state index contributed by atoms with van der Waals surface area (Å²) in [4.78, 5) is 0.0993. The van der Waals surface area contributed by atoms with E-state index < -0.39 is 10.0 Å². The van der Waals surface area contributed by atoms with E-state index in [1.54, 1.807) is 19.9 Å². The normalized spacial score (nSPS) is 11.5. The molecular weight excluding hydrogens is 334 g/mol. The molecule has 0 saturated heterocycles. The highest BCUT2D eigenvalue weighted by Gasteiger charge is 2.20. The van der Waals surface area contributed by atoms with Gasteiger partial charge in [0, 0.05) is 16.2 Å². The highest BCUT2D eigenvalue weighted by molar-refractivity contribution is 9.10. The Morgan fingerprint density at radius 3 is 2.58 bits per heavy atom. The van der Waals surface area contributed by atoms with Crippen LogP contribution in [0, 0.1) is 13.8 Å². The third-order valence-corrected chi connectivity index (χ3v) is 4.62. The standard InChI is InChI=1S/C11H12BrN3O3S/c1-6-3-8(12)9(13)5-10(6)19(16,17)15-11-4-7(2)14-18-11/h3-5,15H,13H2,1-2H3. The molecular formula is C11H12BrN3O3S. The Morgan fingerprint density at radius 2 is 2.00 bits per heavy atom. The second-order valence-electron chi connectivity index (χ2n) is 4.08. The fourth-order valence-corrected chi connectivity index (χ4v) is 3.25. The molecule has 1 heterocycles. The van der Waals surface area contributed by atoms with Gasteiger partial charge in [0.1, 0.15) is 0 Å². The number of anilines is 2. The minimum atomic E-state index is -3.75. The summed E-state index contributed by atoms with van der Waals surface area (Å²) in [6.07, 6.45) is 0. The summed E-state index contributed by atoms with van der Waals surface area (Å²) >= 11 is 3.25. The molecule has 0 aliphatic heterocycles. The van der Waals surface area contributed by atoms with E-state index in [2.05, 4.69) is 25.8 Å². The second-order valence-corrected chi connectivity index (χ2v) is 6.58. The number of sulfonamides is 1. The van der Waals surface area contributed by atoms with E-state index in [0.29, 0.717) is 21.4 Å². The number of nitrogens with two attached hydrogens (primary N) is 1. The van der Waals surface area contributed by atoms with E-state index in [-0.39, 0.29) is 10.8 Å². The zero-order valence-electron chi connectivity index (χ0n) is 10.3. The van der Waals surface area contributed by atoms with Crippen molar-refractivity contribution in [3.05, 3.63) is 33.9 Å². The Labute approximate surface area is 119 Å². The van der Waals surface area contributed by atoms with E-state index in [1.807, 2.05) is 0 Å². The predicted molar refractivity (Wildman–Crippen MR) is 75.3 cm³/mol. The van der Waals surface area contributed by atoms with Crippen LogP contribution in [0.15, 0.2) is 32.1 Å². The smallest absolute Gasteiger partial charge is 0.264 e. The van der Waals surface area contributed by atoms with Crippen LogP contribution in [-0.4, -0.2) is 13.6 Å². The lowest BCUT2D eigenvalue weighted by Crippen LogP contribution is -2.14. The lowest BCUT2D eigenvalue weighted by Gasteiger charge is -2.10. The number of hydrogen-bond acceptors (Lipinski definition) is 5. The third kappa shape index (κ3) is 2.90. The first-order chi connectivity index (χ1) is 8.79. The topological polar surface area (TPSA) is 98.2 Å². The summed E-state index contributed by atoms with van der Waals surface area (Å²) < 4.78 is 32.3. The highest BCUT2D eigenvalue weighted by Crippen LogP contribution is 2.27. The van der Waals surface area contributed by atoms with Crippen molar-refractivity contribution >= 4 is 37.5 Å². The van der Waals surface area contributed by atoms with Gasteiger partial charge in [-0.15, -0.1) is 0 Å². The molecule has 2 aromatic rings. The first-order valence-corrected chi connectivity index (χ1v) is 7.59. The van der Waals surface area contributed by atoms with Gasteiger partial charge >= 0.3 is 0 Å². The van der Waals surface area contributed by atoms with Crippen LogP contribution in [0.4, 0.5) is 11.6 Å². The Kier molecular flexibility index (Phi) is 3.55. The molecule has 0 aliphatic carbocycles. The van der Waals surface area contributed by atoms with Crippen LogP contribution in [0.5, 0.6) is 0 Å². The fourth-order valence-electron chi connectivity index (χ4n) is 1.56. The minimum Gasteiger partial charge on any atom is -0.398 e. The van der Waals surface area contributed by atoms with Crippen molar-refractivity contribution < 1.29 is 12.9 Å². The zero-order chi connectivity index (χ0) is 14.2. The van der Waals surface area contributed by atoms with Gasteiger partial charge in [0.15, 0.2) is 0 Å². The lowest BCUT2D eigenvalue weighted by molar-refractivity contribution is 0.430. The van der Waals surface area contributed by atoms with Gasteiger partial charge in [-0.1, -0.05) is 5.16 Å². The van der Waals surface area contributed by atoms with Gasteiger partial charge in [-0.3, -0.25) is 0 Å². The van der Waals surface area contributed by atoms with Gasteiger partial charge in [0.25, 0.3) is 10.0 Å². The van der Waals surface area contributed by atoms with Crippen molar-refractivity contribution in [3.63, 3.8) is 0 Å². The number of aromatic nitrogens is 1. The predicted octanol–water partition coefficient (Wildman–Crippen LogP) is 2.44. The van der Waals surface area contributed by atoms with E-state index in [4.69, 9.17) is 10.3 Å². The number of aryl methyl sites for hydroxylation is 2. The van der Waals surface area contributed by atoms with Crippen LogP contribution in [0.3, 0.4) is 0 Å². The van der Waals surface area contributed by atoms with Gasteiger partial charge in [0.05, 0.1) is 10.6 Å². The molecule has 8 heteroatoms. The molecule has 0 radical (unpaired) electrons. The Hall–Kier alpha value is -1.54. The van der Waals surface area contributed by atoms with Gasteiger partial charge in [-0.05, 0) is 47.5 Å². The second kappa shape index (κ2) is 4.86. The molecule has 1 aromatic heterocycles. The van der Waals surface area contributed by atoms with Crippen molar-refractivity contribution in [3.8, 4) is 0 Å². The van der Waals surface area contributed by atoms with Crippen LogP contribution < -0.4 is 10.5 Å². The van der Waals surface area contributed by atoms with E-state index in [9.17, 15) is 8.42 Å². The van der Waals surface area contributed by atoms with E-state index >= 15 is 0 Å². The Bertz CT molecular complexity index is 725. The molecule has 2 rings (SSSR count). The maximum atomic E-state index is 12.2. The van der Waals surface area contributed by atoms with Crippen LogP contribution in [-0.2, 0) is 10.0 Å². The first kappa shape index (κ1) is 13.9. The van der Waals surface area contributed by atoms with Crippen LogP contribution in [0.1, 0.15) is 11.3 Å². The maximum absolute atomic E-state index is 12.2. The van der Waals surface area contributed by atoms with Gasteiger partial charge < -0.3 is 10.3 Å². The van der Waals surface area contributed by atoms with Crippen molar-refractivity contribution in [2.24, 2.45) is 0 Å². The van der Waals surface area contributed by atoms with E-state index in [0.717, 1.165) is 0 Å². The molecule has 0 amide bonds. The number of benzene rings is 1. The highest BCUT2D eigenvalue weighted by atomic mass is 79.9.